The number of carbonyl (C=O) groups excluding carboxylic acids is 2. The molecule has 0 spiro atoms. The molecule has 0 bridgehead atoms. The number of imidazole rings is 1. The first kappa shape index (κ1) is 13.5. The van der Waals surface area contributed by atoms with E-state index >= 15 is 0 Å². The third-order valence-corrected chi connectivity index (χ3v) is 3.16. The number of aromatic nitrogens is 2. The van der Waals surface area contributed by atoms with Gasteiger partial charge in [-0.15, -0.1) is 0 Å². The Hall–Kier alpha value is -1.89. The van der Waals surface area contributed by atoms with Crippen molar-refractivity contribution in [1.29, 1.82) is 0 Å². The van der Waals surface area contributed by atoms with E-state index in [0.717, 1.165) is 11.4 Å². The molecule has 0 aliphatic carbocycles. The summed E-state index contributed by atoms with van der Waals surface area (Å²) in [5.41, 5.74) is 1.94. The fourth-order valence-corrected chi connectivity index (χ4v) is 2.16. The molecular formula is C12H19N5O2. The van der Waals surface area contributed by atoms with E-state index < -0.39 is 0 Å². The summed E-state index contributed by atoms with van der Waals surface area (Å²) in [7, 11) is 1.64. The Morgan fingerprint density at radius 2 is 2.37 bits per heavy atom. The molecule has 0 aromatic carbocycles. The number of fused-ring (bicyclic) bond motifs is 1. The first-order valence-electron chi connectivity index (χ1n) is 6.38. The summed E-state index contributed by atoms with van der Waals surface area (Å²) in [5.74, 6) is -0.227. The summed E-state index contributed by atoms with van der Waals surface area (Å²) >= 11 is 0. The zero-order valence-corrected chi connectivity index (χ0v) is 11.2. The molecule has 0 saturated carbocycles. The Morgan fingerprint density at radius 3 is 3.11 bits per heavy atom. The van der Waals surface area contributed by atoms with Gasteiger partial charge in [-0.3, -0.25) is 14.9 Å². The molecule has 19 heavy (non-hydrogen) atoms. The van der Waals surface area contributed by atoms with Gasteiger partial charge in [-0.25, -0.2) is 4.98 Å². The van der Waals surface area contributed by atoms with Crippen LogP contribution in [0.3, 0.4) is 0 Å². The zero-order chi connectivity index (χ0) is 13.8. The van der Waals surface area contributed by atoms with Gasteiger partial charge in [0.1, 0.15) is 0 Å². The van der Waals surface area contributed by atoms with Crippen LogP contribution in [0.25, 0.3) is 0 Å². The van der Waals surface area contributed by atoms with Gasteiger partial charge in [0, 0.05) is 26.6 Å². The van der Waals surface area contributed by atoms with Crippen LogP contribution in [-0.4, -0.2) is 52.9 Å². The lowest BCUT2D eigenvalue weighted by Crippen LogP contribution is -2.50. The van der Waals surface area contributed by atoms with E-state index in [1.165, 1.54) is 4.90 Å². The van der Waals surface area contributed by atoms with Crippen molar-refractivity contribution in [3.8, 4) is 0 Å². The van der Waals surface area contributed by atoms with Crippen LogP contribution in [0.15, 0.2) is 6.33 Å². The monoisotopic (exact) mass is 265 g/mol. The molecule has 0 radical (unpaired) electrons. The van der Waals surface area contributed by atoms with E-state index in [9.17, 15) is 9.59 Å². The molecule has 7 nitrogen and oxygen atoms in total. The van der Waals surface area contributed by atoms with Crippen molar-refractivity contribution in [2.75, 3.05) is 20.1 Å². The number of H-pyrrole nitrogens is 1. The third-order valence-electron chi connectivity index (χ3n) is 3.16. The summed E-state index contributed by atoms with van der Waals surface area (Å²) in [4.78, 5) is 32.3. The highest BCUT2D eigenvalue weighted by atomic mass is 16.2. The zero-order valence-electron chi connectivity index (χ0n) is 11.2. The Balaban J connectivity index is 1.92. The van der Waals surface area contributed by atoms with Crippen LogP contribution in [0, 0.1) is 0 Å². The van der Waals surface area contributed by atoms with Gasteiger partial charge >= 0.3 is 0 Å². The minimum Gasteiger partial charge on any atom is -0.355 e. The highest BCUT2D eigenvalue weighted by Gasteiger charge is 2.28. The topological polar surface area (TPSA) is 90.1 Å². The van der Waals surface area contributed by atoms with Crippen molar-refractivity contribution >= 4 is 11.8 Å². The van der Waals surface area contributed by atoms with Gasteiger partial charge < -0.3 is 15.2 Å². The number of likely N-dealkylation sites (N-methyl/N-ethyl adjacent to an activating group) is 2. The maximum absolute atomic E-state index is 12.2. The van der Waals surface area contributed by atoms with Crippen LogP contribution in [0.2, 0.25) is 0 Å². The van der Waals surface area contributed by atoms with Gasteiger partial charge in [-0.1, -0.05) is 0 Å². The van der Waals surface area contributed by atoms with Gasteiger partial charge in [0.05, 0.1) is 30.3 Å². The largest absolute Gasteiger partial charge is 0.355 e. The highest BCUT2D eigenvalue weighted by Crippen LogP contribution is 2.13. The number of amides is 2. The number of nitrogens with one attached hydrogen (secondary N) is 3. The summed E-state index contributed by atoms with van der Waals surface area (Å²) < 4.78 is 0. The summed E-state index contributed by atoms with van der Waals surface area (Å²) in [6, 6.07) is -0.310. The molecule has 0 saturated heterocycles. The Kier molecular flexibility index (Phi) is 4.16. The van der Waals surface area contributed by atoms with E-state index in [-0.39, 0.29) is 24.4 Å². The fourth-order valence-electron chi connectivity index (χ4n) is 2.16. The quantitative estimate of drug-likeness (QED) is 0.652. The van der Waals surface area contributed by atoms with Crippen LogP contribution < -0.4 is 10.6 Å². The molecule has 7 heteroatoms. The molecule has 1 aromatic heterocycles. The maximum atomic E-state index is 12.2. The molecule has 1 aliphatic heterocycles. The van der Waals surface area contributed by atoms with Crippen LogP contribution in [-0.2, 0) is 22.6 Å². The van der Waals surface area contributed by atoms with Gasteiger partial charge in [-0.2, -0.15) is 0 Å². The third kappa shape index (κ3) is 3.11. The lowest BCUT2D eigenvalue weighted by atomic mass is 10.0. The second-order valence-electron chi connectivity index (χ2n) is 4.61. The normalized spacial score (nSPS) is 17.7. The molecule has 1 atom stereocenters. The molecule has 2 amide bonds. The van der Waals surface area contributed by atoms with Crippen LogP contribution in [0.4, 0.5) is 0 Å². The van der Waals surface area contributed by atoms with Crippen molar-refractivity contribution in [2.45, 2.75) is 25.9 Å². The van der Waals surface area contributed by atoms with Gasteiger partial charge in [0.25, 0.3) is 0 Å². The van der Waals surface area contributed by atoms with Crippen molar-refractivity contribution in [3.63, 3.8) is 0 Å². The summed E-state index contributed by atoms with van der Waals surface area (Å²) in [6.07, 6.45) is 2.19. The Labute approximate surface area is 111 Å². The van der Waals surface area contributed by atoms with E-state index in [0.29, 0.717) is 19.5 Å². The molecule has 1 aromatic rings. The number of hydrogen-bond donors (Lipinski definition) is 3. The fraction of sp³-hybridized carbons (Fsp3) is 0.583. The predicted molar refractivity (Wildman–Crippen MR) is 69.2 cm³/mol. The van der Waals surface area contributed by atoms with Crippen LogP contribution >= 0.6 is 0 Å². The standard InChI is InChI=1S/C12H19N5O2/c1-3-13-11(18)6-17(2)12(19)9-4-8-10(5-14-9)16-7-15-8/h7,9,14H,3-6H2,1-2H3,(H,13,18)(H,15,16). The molecule has 1 unspecified atom stereocenters. The van der Waals surface area contributed by atoms with Crippen molar-refractivity contribution in [3.05, 3.63) is 17.7 Å². The molecule has 2 rings (SSSR count). The summed E-state index contributed by atoms with van der Waals surface area (Å²) in [6.45, 7) is 3.10. The number of nitrogens with zero attached hydrogens (tertiary/aromatic N) is 2. The van der Waals surface area contributed by atoms with Gasteiger partial charge in [0.15, 0.2) is 0 Å². The molecule has 1 aliphatic rings. The van der Waals surface area contributed by atoms with Crippen molar-refractivity contribution < 1.29 is 9.59 Å². The second kappa shape index (κ2) is 5.83. The SMILES string of the molecule is CCNC(=O)CN(C)C(=O)C1Cc2nc[nH]c2CN1. The Morgan fingerprint density at radius 1 is 1.58 bits per heavy atom. The number of rotatable bonds is 4. The van der Waals surface area contributed by atoms with Crippen LogP contribution in [0.1, 0.15) is 18.3 Å². The molecular weight excluding hydrogens is 246 g/mol. The maximum Gasteiger partial charge on any atom is 0.240 e. The average Bonchev–Trinajstić information content (AvgIpc) is 2.85. The molecule has 2 heterocycles. The average molecular weight is 265 g/mol. The van der Waals surface area contributed by atoms with E-state index in [2.05, 4.69) is 20.6 Å². The van der Waals surface area contributed by atoms with Gasteiger partial charge in [0.2, 0.25) is 11.8 Å². The molecule has 3 N–H and O–H groups in total. The highest BCUT2D eigenvalue weighted by molar-refractivity contribution is 5.87. The van der Waals surface area contributed by atoms with Crippen LogP contribution in [0.5, 0.6) is 0 Å². The lowest BCUT2D eigenvalue weighted by Gasteiger charge is -2.26. The second-order valence-corrected chi connectivity index (χ2v) is 4.61. The van der Waals surface area contributed by atoms with Gasteiger partial charge in [-0.05, 0) is 6.92 Å². The number of aromatic amines is 1. The first-order valence-corrected chi connectivity index (χ1v) is 6.38. The van der Waals surface area contributed by atoms with E-state index in [1.807, 2.05) is 6.92 Å². The minimum absolute atomic E-state index is 0.0816. The van der Waals surface area contributed by atoms with Crippen molar-refractivity contribution in [2.24, 2.45) is 0 Å². The first-order chi connectivity index (χ1) is 9.11. The molecule has 104 valence electrons. The minimum atomic E-state index is -0.310. The van der Waals surface area contributed by atoms with Crippen molar-refractivity contribution in [1.82, 2.24) is 25.5 Å². The number of carbonyl (C=O) groups is 2. The number of hydrogen-bond acceptors (Lipinski definition) is 4. The van der Waals surface area contributed by atoms with E-state index in [4.69, 9.17) is 0 Å². The molecule has 0 fully saturated rings. The predicted octanol–water partition coefficient (Wildman–Crippen LogP) is -0.981. The van der Waals surface area contributed by atoms with E-state index in [1.54, 1.807) is 13.4 Å². The Bertz CT molecular complexity index is 470. The lowest BCUT2D eigenvalue weighted by molar-refractivity contribution is -0.136. The summed E-state index contributed by atoms with van der Waals surface area (Å²) in [5, 5.41) is 5.83. The smallest absolute Gasteiger partial charge is 0.240 e.